The van der Waals surface area contributed by atoms with Crippen LogP contribution >= 0.6 is 11.3 Å². The van der Waals surface area contributed by atoms with E-state index in [2.05, 4.69) is 25.0 Å². The number of aryl methyl sites for hydroxylation is 2. The number of nitrogens with zero attached hydrogens (tertiary/aromatic N) is 3. The Labute approximate surface area is 156 Å². The van der Waals surface area contributed by atoms with Crippen LogP contribution in [0.15, 0.2) is 36.5 Å². The summed E-state index contributed by atoms with van der Waals surface area (Å²) in [4.78, 5) is 14.3. The molecule has 2 heterocycles. The zero-order valence-corrected chi connectivity index (χ0v) is 16.3. The average Bonchev–Trinajstić information content (AvgIpc) is 2.91. The van der Waals surface area contributed by atoms with E-state index in [9.17, 15) is 8.42 Å². The van der Waals surface area contributed by atoms with Gasteiger partial charge in [-0.25, -0.2) is 28.1 Å². The molecule has 0 amide bonds. The van der Waals surface area contributed by atoms with Crippen molar-refractivity contribution in [3.63, 3.8) is 0 Å². The molecule has 2 N–H and O–H groups in total. The van der Waals surface area contributed by atoms with E-state index < -0.39 is 10.0 Å². The summed E-state index contributed by atoms with van der Waals surface area (Å²) in [5.74, 6) is 0.473. The Bertz CT molecular complexity index is 1030. The zero-order chi connectivity index (χ0) is 18.7. The Hall–Kier alpha value is -2.36. The monoisotopic (exact) mass is 389 g/mol. The molecule has 2 aromatic heterocycles. The summed E-state index contributed by atoms with van der Waals surface area (Å²) >= 11 is 1.60. The van der Waals surface area contributed by atoms with E-state index in [1.165, 1.54) is 0 Å². The standard InChI is InChI=1S/C17H19N5O2S2/c1-11-16(25-12(2)20-11)15-7-8-18-17(22-15)21-14-6-4-5-13(9-14)10-19-26(3,23)24/h4-9,19H,10H2,1-3H3,(H,18,21,22). The van der Waals surface area contributed by atoms with Gasteiger partial charge in [0, 0.05) is 18.4 Å². The van der Waals surface area contributed by atoms with Gasteiger partial charge in [-0.2, -0.15) is 0 Å². The summed E-state index contributed by atoms with van der Waals surface area (Å²) < 4.78 is 24.9. The van der Waals surface area contributed by atoms with E-state index >= 15 is 0 Å². The van der Waals surface area contributed by atoms with E-state index in [0.29, 0.717) is 5.95 Å². The Morgan fingerprint density at radius 3 is 2.65 bits per heavy atom. The SMILES string of the molecule is Cc1nc(C)c(-c2ccnc(Nc3cccc(CNS(C)(=O)=O)c3)n2)s1. The molecule has 0 aliphatic carbocycles. The van der Waals surface area contributed by atoms with Crippen molar-refractivity contribution < 1.29 is 8.42 Å². The molecule has 3 rings (SSSR count). The second kappa shape index (κ2) is 7.48. The molecule has 26 heavy (non-hydrogen) atoms. The van der Waals surface area contributed by atoms with E-state index in [0.717, 1.165) is 38.8 Å². The van der Waals surface area contributed by atoms with Crippen LogP contribution in [0.1, 0.15) is 16.3 Å². The van der Waals surface area contributed by atoms with Crippen LogP contribution in [0.5, 0.6) is 0 Å². The third-order valence-electron chi connectivity index (χ3n) is 3.51. The van der Waals surface area contributed by atoms with Gasteiger partial charge in [0.25, 0.3) is 0 Å². The second-order valence-electron chi connectivity index (χ2n) is 5.83. The van der Waals surface area contributed by atoms with Crippen LogP contribution in [0.25, 0.3) is 10.6 Å². The van der Waals surface area contributed by atoms with Crippen molar-refractivity contribution in [3.05, 3.63) is 52.8 Å². The minimum Gasteiger partial charge on any atom is -0.324 e. The second-order valence-corrected chi connectivity index (χ2v) is 8.87. The molecule has 0 saturated heterocycles. The minimum atomic E-state index is -3.23. The van der Waals surface area contributed by atoms with Gasteiger partial charge in [-0.3, -0.25) is 0 Å². The molecule has 0 aliphatic heterocycles. The Morgan fingerprint density at radius 1 is 1.15 bits per heavy atom. The molecule has 0 atom stereocenters. The molecular formula is C17H19N5O2S2. The number of sulfonamides is 1. The third-order valence-corrected chi connectivity index (χ3v) is 5.28. The average molecular weight is 390 g/mol. The van der Waals surface area contributed by atoms with Gasteiger partial charge in [-0.1, -0.05) is 12.1 Å². The van der Waals surface area contributed by atoms with Crippen molar-refractivity contribution >= 4 is 33.0 Å². The van der Waals surface area contributed by atoms with Crippen molar-refractivity contribution in [1.82, 2.24) is 19.7 Å². The molecule has 0 bridgehead atoms. The zero-order valence-electron chi connectivity index (χ0n) is 14.6. The first-order valence-corrected chi connectivity index (χ1v) is 10.6. The van der Waals surface area contributed by atoms with Gasteiger partial charge in [0.1, 0.15) is 0 Å². The molecule has 0 unspecified atom stereocenters. The lowest BCUT2D eigenvalue weighted by molar-refractivity contribution is 0.587. The Balaban J connectivity index is 1.79. The minimum absolute atomic E-state index is 0.231. The van der Waals surface area contributed by atoms with Gasteiger partial charge in [0.15, 0.2) is 0 Å². The summed E-state index contributed by atoms with van der Waals surface area (Å²) in [7, 11) is -3.23. The molecule has 1 aromatic carbocycles. The molecule has 3 aromatic rings. The Morgan fingerprint density at radius 2 is 1.96 bits per heavy atom. The molecule has 7 nitrogen and oxygen atoms in total. The van der Waals surface area contributed by atoms with Crippen LogP contribution in [0, 0.1) is 13.8 Å². The maximum absolute atomic E-state index is 11.2. The maximum atomic E-state index is 11.2. The van der Waals surface area contributed by atoms with Crippen LogP contribution in [0.3, 0.4) is 0 Å². The van der Waals surface area contributed by atoms with Gasteiger partial charge in [-0.15, -0.1) is 11.3 Å². The van der Waals surface area contributed by atoms with E-state index in [1.807, 2.05) is 44.2 Å². The van der Waals surface area contributed by atoms with Crippen molar-refractivity contribution in [1.29, 1.82) is 0 Å². The number of thiazole rings is 1. The number of hydrogen-bond acceptors (Lipinski definition) is 7. The molecule has 9 heteroatoms. The number of benzene rings is 1. The smallest absolute Gasteiger partial charge is 0.227 e. The van der Waals surface area contributed by atoms with Crippen molar-refractivity contribution in [3.8, 4) is 10.6 Å². The van der Waals surface area contributed by atoms with Gasteiger partial charge >= 0.3 is 0 Å². The fraction of sp³-hybridized carbons (Fsp3) is 0.235. The quantitative estimate of drug-likeness (QED) is 0.673. The van der Waals surface area contributed by atoms with Crippen LogP contribution in [-0.2, 0) is 16.6 Å². The molecular weight excluding hydrogens is 370 g/mol. The number of aromatic nitrogens is 3. The lowest BCUT2D eigenvalue weighted by Gasteiger charge is -2.08. The van der Waals surface area contributed by atoms with Gasteiger partial charge in [0.2, 0.25) is 16.0 Å². The predicted octanol–water partition coefficient (Wildman–Crippen LogP) is 3.01. The highest BCUT2D eigenvalue weighted by molar-refractivity contribution is 7.88. The van der Waals surface area contributed by atoms with Crippen molar-refractivity contribution in [2.75, 3.05) is 11.6 Å². The topological polar surface area (TPSA) is 96.9 Å². The molecule has 0 radical (unpaired) electrons. The lowest BCUT2D eigenvalue weighted by atomic mass is 10.2. The van der Waals surface area contributed by atoms with E-state index in [-0.39, 0.29) is 6.54 Å². The fourth-order valence-corrected chi connectivity index (χ4v) is 3.74. The Kier molecular flexibility index (Phi) is 5.30. The van der Waals surface area contributed by atoms with Crippen molar-refractivity contribution in [2.45, 2.75) is 20.4 Å². The number of rotatable bonds is 6. The maximum Gasteiger partial charge on any atom is 0.227 e. The van der Waals surface area contributed by atoms with Crippen LogP contribution in [0.4, 0.5) is 11.6 Å². The van der Waals surface area contributed by atoms with Gasteiger partial charge < -0.3 is 5.32 Å². The van der Waals surface area contributed by atoms with Crippen LogP contribution in [0.2, 0.25) is 0 Å². The van der Waals surface area contributed by atoms with Gasteiger partial charge in [0.05, 0.1) is 27.5 Å². The lowest BCUT2D eigenvalue weighted by Crippen LogP contribution is -2.21. The fourth-order valence-electron chi connectivity index (χ4n) is 2.42. The van der Waals surface area contributed by atoms with Gasteiger partial charge in [-0.05, 0) is 37.6 Å². The van der Waals surface area contributed by atoms with E-state index in [1.54, 1.807) is 17.5 Å². The first kappa shape index (κ1) is 18.4. The molecule has 0 saturated carbocycles. The third kappa shape index (κ3) is 4.84. The first-order valence-electron chi connectivity index (χ1n) is 7.88. The van der Waals surface area contributed by atoms with Crippen molar-refractivity contribution in [2.24, 2.45) is 0 Å². The largest absolute Gasteiger partial charge is 0.324 e. The summed E-state index contributed by atoms with van der Waals surface area (Å²) in [5, 5.41) is 4.16. The molecule has 0 aliphatic rings. The first-order chi connectivity index (χ1) is 12.3. The highest BCUT2D eigenvalue weighted by atomic mass is 32.2. The highest BCUT2D eigenvalue weighted by Crippen LogP contribution is 2.28. The van der Waals surface area contributed by atoms with E-state index in [4.69, 9.17) is 0 Å². The van der Waals surface area contributed by atoms with Crippen LogP contribution in [-0.4, -0.2) is 29.6 Å². The van der Waals surface area contributed by atoms with Crippen LogP contribution < -0.4 is 10.0 Å². The number of anilines is 2. The summed E-state index contributed by atoms with van der Waals surface area (Å²) in [6.45, 7) is 4.17. The molecule has 0 fully saturated rings. The predicted molar refractivity (Wildman–Crippen MR) is 104 cm³/mol. The highest BCUT2D eigenvalue weighted by Gasteiger charge is 2.10. The number of hydrogen-bond donors (Lipinski definition) is 2. The normalized spacial score (nSPS) is 11.5. The summed E-state index contributed by atoms with van der Waals surface area (Å²) in [6.07, 6.45) is 2.84. The molecule has 0 spiro atoms. The number of nitrogens with one attached hydrogen (secondary N) is 2. The summed E-state index contributed by atoms with van der Waals surface area (Å²) in [6, 6.07) is 9.29. The molecule has 136 valence electrons. The summed E-state index contributed by atoms with van der Waals surface area (Å²) in [5.41, 5.74) is 3.39.